The highest BCUT2D eigenvalue weighted by atomic mass is 16.5. The second-order valence-electron chi connectivity index (χ2n) is 4.93. The van der Waals surface area contributed by atoms with Gasteiger partial charge in [-0.15, -0.1) is 0 Å². The standard InChI is InChI=1S/C17H18O4/c1-11-9-13(5-7-15(11)18)14-10-12(3-6-16(14)19)4-8-17(20)21-2/h3,5-7,9-10,18-19H,4,8H2,1-2H3. The number of carbonyl (C=O) groups excluding carboxylic acids is 1. The van der Waals surface area contributed by atoms with E-state index in [4.69, 9.17) is 0 Å². The van der Waals surface area contributed by atoms with Crippen molar-refractivity contribution < 1.29 is 19.7 Å². The summed E-state index contributed by atoms with van der Waals surface area (Å²) >= 11 is 0. The summed E-state index contributed by atoms with van der Waals surface area (Å²) in [5.41, 5.74) is 3.19. The Hall–Kier alpha value is -2.49. The zero-order chi connectivity index (χ0) is 15.4. The van der Waals surface area contributed by atoms with Gasteiger partial charge in [0, 0.05) is 12.0 Å². The molecule has 2 N–H and O–H groups in total. The van der Waals surface area contributed by atoms with E-state index in [9.17, 15) is 15.0 Å². The predicted octanol–water partition coefficient (Wildman–Crippen LogP) is 3.18. The lowest BCUT2D eigenvalue weighted by molar-refractivity contribution is -0.140. The summed E-state index contributed by atoms with van der Waals surface area (Å²) in [4.78, 5) is 11.2. The van der Waals surface area contributed by atoms with Crippen LogP contribution in [0.25, 0.3) is 11.1 Å². The molecule has 0 unspecified atom stereocenters. The molecule has 0 amide bonds. The molecule has 110 valence electrons. The average molecular weight is 286 g/mol. The first-order valence-electron chi connectivity index (χ1n) is 6.70. The number of esters is 1. The summed E-state index contributed by atoms with van der Waals surface area (Å²) in [6.45, 7) is 1.80. The van der Waals surface area contributed by atoms with Crippen LogP contribution in [0.1, 0.15) is 17.5 Å². The number of phenolic OH excluding ortho intramolecular Hbond substituents is 2. The van der Waals surface area contributed by atoms with E-state index >= 15 is 0 Å². The van der Waals surface area contributed by atoms with Crippen LogP contribution < -0.4 is 0 Å². The number of rotatable bonds is 4. The van der Waals surface area contributed by atoms with Crippen LogP contribution in [0.2, 0.25) is 0 Å². The molecule has 0 aliphatic heterocycles. The van der Waals surface area contributed by atoms with E-state index in [1.807, 2.05) is 12.1 Å². The van der Waals surface area contributed by atoms with E-state index in [-0.39, 0.29) is 17.5 Å². The Kier molecular flexibility index (Phi) is 4.48. The van der Waals surface area contributed by atoms with Gasteiger partial charge in [-0.1, -0.05) is 12.1 Å². The smallest absolute Gasteiger partial charge is 0.305 e. The lowest BCUT2D eigenvalue weighted by atomic mass is 9.98. The van der Waals surface area contributed by atoms with Gasteiger partial charge in [-0.2, -0.15) is 0 Å². The Morgan fingerprint density at radius 1 is 1.10 bits per heavy atom. The number of benzene rings is 2. The summed E-state index contributed by atoms with van der Waals surface area (Å²) in [7, 11) is 1.36. The Morgan fingerprint density at radius 2 is 1.81 bits per heavy atom. The van der Waals surface area contributed by atoms with Crippen LogP contribution in [0.4, 0.5) is 0 Å². The van der Waals surface area contributed by atoms with Crippen molar-refractivity contribution in [1.82, 2.24) is 0 Å². The van der Waals surface area contributed by atoms with Gasteiger partial charge in [0.15, 0.2) is 0 Å². The van der Waals surface area contributed by atoms with E-state index < -0.39 is 0 Å². The number of aromatic hydroxyl groups is 2. The van der Waals surface area contributed by atoms with Gasteiger partial charge in [0.25, 0.3) is 0 Å². The highest BCUT2D eigenvalue weighted by Gasteiger charge is 2.09. The largest absolute Gasteiger partial charge is 0.508 e. The quantitative estimate of drug-likeness (QED) is 0.847. The molecule has 0 saturated carbocycles. The molecule has 0 aliphatic rings. The fourth-order valence-corrected chi connectivity index (χ4v) is 2.14. The Balaban J connectivity index is 2.30. The highest BCUT2D eigenvalue weighted by molar-refractivity contribution is 5.73. The van der Waals surface area contributed by atoms with Crippen LogP contribution >= 0.6 is 0 Å². The van der Waals surface area contributed by atoms with Crippen molar-refractivity contribution in [3.05, 3.63) is 47.5 Å². The third-order valence-corrected chi connectivity index (χ3v) is 3.41. The molecule has 0 bridgehead atoms. The molecule has 2 aromatic rings. The molecule has 0 aliphatic carbocycles. The minimum atomic E-state index is -0.259. The van der Waals surface area contributed by atoms with Crippen molar-refractivity contribution in [3.8, 4) is 22.6 Å². The maximum Gasteiger partial charge on any atom is 0.305 e. The number of aryl methyl sites for hydroxylation is 2. The van der Waals surface area contributed by atoms with Crippen molar-refractivity contribution in [2.24, 2.45) is 0 Å². The Morgan fingerprint density at radius 3 is 2.48 bits per heavy atom. The van der Waals surface area contributed by atoms with Crippen LogP contribution in [0.15, 0.2) is 36.4 Å². The minimum Gasteiger partial charge on any atom is -0.508 e. The van der Waals surface area contributed by atoms with Gasteiger partial charge in [-0.25, -0.2) is 0 Å². The average Bonchev–Trinajstić information content (AvgIpc) is 2.49. The molecular weight excluding hydrogens is 268 g/mol. The minimum absolute atomic E-state index is 0.168. The molecule has 0 heterocycles. The molecule has 2 aromatic carbocycles. The Bertz CT molecular complexity index is 662. The van der Waals surface area contributed by atoms with Crippen molar-refractivity contribution in [2.75, 3.05) is 7.11 Å². The van der Waals surface area contributed by atoms with E-state index in [0.717, 1.165) is 16.7 Å². The molecule has 4 nitrogen and oxygen atoms in total. The number of phenols is 2. The molecule has 0 aromatic heterocycles. The van der Waals surface area contributed by atoms with Gasteiger partial charge in [-0.05, 0) is 54.3 Å². The van der Waals surface area contributed by atoms with Crippen molar-refractivity contribution in [2.45, 2.75) is 19.8 Å². The fourth-order valence-electron chi connectivity index (χ4n) is 2.14. The molecule has 0 saturated heterocycles. The van der Waals surface area contributed by atoms with E-state index in [0.29, 0.717) is 18.4 Å². The summed E-state index contributed by atoms with van der Waals surface area (Å²) in [6.07, 6.45) is 0.854. The number of hydrogen-bond acceptors (Lipinski definition) is 4. The summed E-state index contributed by atoms with van der Waals surface area (Å²) in [5, 5.41) is 19.6. The summed E-state index contributed by atoms with van der Waals surface area (Å²) < 4.78 is 4.62. The number of ether oxygens (including phenoxy) is 1. The lowest BCUT2D eigenvalue weighted by Crippen LogP contribution is -2.01. The first-order valence-corrected chi connectivity index (χ1v) is 6.70. The molecule has 0 spiro atoms. The summed E-state index contributed by atoms with van der Waals surface area (Å²) in [5.74, 6) is 0.132. The number of hydrogen-bond donors (Lipinski definition) is 2. The fraction of sp³-hybridized carbons (Fsp3) is 0.235. The van der Waals surface area contributed by atoms with Gasteiger partial charge in [-0.3, -0.25) is 4.79 Å². The molecule has 2 rings (SSSR count). The van der Waals surface area contributed by atoms with Crippen LogP contribution in [-0.2, 0) is 16.0 Å². The van der Waals surface area contributed by atoms with Gasteiger partial charge in [0.1, 0.15) is 11.5 Å². The van der Waals surface area contributed by atoms with Crippen molar-refractivity contribution in [3.63, 3.8) is 0 Å². The third kappa shape index (κ3) is 3.54. The van der Waals surface area contributed by atoms with Crippen LogP contribution in [0, 0.1) is 6.92 Å². The predicted molar refractivity (Wildman–Crippen MR) is 80.3 cm³/mol. The zero-order valence-corrected chi connectivity index (χ0v) is 12.1. The molecule has 4 heteroatoms. The summed E-state index contributed by atoms with van der Waals surface area (Å²) in [6, 6.07) is 10.4. The second-order valence-corrected chi connectivity index (χ2v) is 4.93. The van der Waals surface area contributed by atoms with Gasteiger partial charge in [0.05, 0.1) is 7.11 Å². The Labute approximate surface area is 123 Å². The van der Waals surface area contributed by atoms with Crippen molar-refractivity contribution in [1.29, 1.82) is 0 Å². The van der Waals surface area contributed by atoms with Gasteiger partial charge < -0.3 is 14.9 Å². The van der Waals surface area contributed by atoms with Gasteiger partial charge >= 0.3 is 5.97 Å². The maximum atomic E-state index is 11.2. The third-order valence-electron chi connectivity index (χ3n) is 3.41. The number of methoxy groups -OCH3 is 1. The second kappa shape index (κ2) is 6.31. The maximum absolute atomic E-state index is 11.2. The van der Waals surface area contributed by atoms with Crippen LogP contribution in [0.5, 0.6) is 11.5 Å². The van der Waals surface area contributed by atoms with Crippen LogP contribution in [-0.4, -0.2) is 23.3 Å². The highest BCUT2D eigenvalue weighted by Crippen LogP contribution is 2.32. The van der Waals surface area contributed by atoms with E-state index in [1.54, 1.807) is 31.2 Å². The topological polar surface area (TPSA) is 66.8 Å². The van der Waals surface area contributed by atoms with E-state index in [1.165, 1.54) is 7.11 Å². The number of carbonyl (C=O) groups is 1. The SMILES string of the molecule is COC(=O)CCc1ccc(O)c(-c2ccc(O)c(C)c2)c1. The molecular formula is C17H18O4. The lowest BCUT2D eigenvalue weighted by Gasteiger charge is -2.09. The van der Waals surface area contributed by atoms with Crippen LogP contribution in [0.3, 0.4) is 0 Å². The normalized spacial score (nSPS) is 10.4. The first-order chi connectivity index (χ1) is 10.0. The monoisotopic (exact) mass is 286 g/mol. The molecule has 0 atom stereocenters. The van der Waals surface area contributed by atoms with Crippen molar-refractivity contribution >= 4 is 5.97 Å². The molecule has 21 heavy (non-hydrogen) atoms. The first kappa shape index (κ1) is 14.9. The zero-order valence-electron chi connectivity index (χ0n) is 12.1. The van der Waals surface area contributed by atoms with Gasteiger partial charge in [0.2, 0.25) is 0 Å². The van der Waals surface area contributed by atoms with E-state index in [2.05, 4.69) is 4.74 Å². The molecule has 0 radical (unpaired) electrons. The molecule has 0 fully saturated rings.